The highest BCUT2D eigenvalue weighted by Crippen LogP contribution is 2.26. The predicted molar refractivity (Wildman–Crippen MR) is 115 cm³/mol. The second-order valence-electron chi connectivity index (χ2n) is 7.55. The number of rotatable bonds is 5. The largest absolute Gasteiger partial charge is 0.334 e. The van der Waals surface area contributed by atoms with Crippen molar-refractivity contribution in [2.45, 2.75) is 32.5 Å². The number of hydrogen-bond acceptors (Lipinski definition) is 4. The van der Waals surface area contributed by atoms with E-state index in [-0.39, 0.29) is 34.5 Å². The second kappa shape index (κ2) is 9.36. The third-order valence-corrected chi connectivity index (χ3v) is 5.60. The van der Waals surface area contributed by atoms with E-state index in [4.69, 9.17) is 11.6 Å². The van der Waals surface area contributed by atoms with Crippen molar-refractivity contribution in [1.82, 2.24) is 9.80 Å². The SMILES string of the molecule is CC1CN(C(=O)C=Cc2ccc(Cl)c([N+](=O)[O-])c2)C(C)CN1Cc1ccc(F)cc1. The van der Waals surface area contributed by atoms with Gasteiger partial charge in [0.15, 0.2) is 0 Å². The Bertz CT molecular complexity index is 965. The molecule has 0 aliphatic carbocycles. The van der Waals surface area contributed by atoms with Crippen molar-refractivity contribution in [3.05, 3.63) is 80.6 Å². The van der Waals surface area contributed by atoms with Crippen molar-refractivity contribution in [2.75, 3.05) is 13.1 Å². The summed E-state index contributed by atoms with van der Waals surface area (Å²) in [4.78, 5) is 27.3. The van der Waals surface area contributed by atoms with Gasteiger partial charge in [0.05, 0.1) is 4.92 Å². The third kappa shape index (κ3) is 5.23. The van der Waals surface area contributed by atoms with Crippen LogP contribution >= 0.6 is 11.6 Å². The van der Waals surface area contributed by atoms with E-state index in [0.29, 0.717) is 25.2 Å². The molecule has 1 aliphatic rings. The van der Waals surface area contributed by atoms with E-state index in [1.54, 1.807) is 29.2 Å². The molecule has 2 unspecified atom stereocenters. The average Bonchev–Trinajstić information content (AvgIpc) is 2.71. The van der Waals surface area contributed by atoms with Gasteiger partial charge in [0, 0.05) is 43.9 Å². The first-order valence-corrected chi connectivity index (χ1v) is 10.0. The lowest BCUT2D eigenvalue weighted by Gasteiger charge is -2.44. The molecule has 1 heterocycles. The van der Waals surface area contributed by atoms with Gasteiger partial charge < -0.3 is 4.90 Å². The number of hydrogen-bond donors (Lipinski definition) is 0. The highest BCUT2D eigenvalue weighted by atomic mass is 35.5. The molecule has 2 atom stereocenters. The summed E-state index contributed by atoms with van der Waals surface area (Å²) in [7, 11) is 0. The van der Waals surface area contributed by atoms with Crippen molar-refractivity contribution in [3.8, 4) is 0 Å². The van der Waals surface area contributed by atoms with E-state index in [1.807, 2.05) is 6.92 Å². The molecule has 3 rings (SSSR count). The summed E-state index contributed by atoms with van der Waals surface area (Å²) >= 11 is 5.83. The molecule has 1 aliphatic heterocycles. The van der Waals surface area contributed by atoms with Gasteiger partial charge in [-0.25, -0.2) is 4.39 Å². The smallest absolute Gasteiger partial charge is 0.288 e. The fraction of sp³-hybridized carbons (Fsp3) is 0.318. The molecule has 0 aromatic heterocycles. The Morgan fingerprint density at radius 1 is 1.20 bits per heavy atom. The second-order valence-corrected chi connectivity index (χ2v) is 7.95. The van der Waals surface area contributed by atoms with Gasteiger partial charge in [0.25, 0.3) is 5.69 Å². The van der Waals surface area contributed by atoms with E-state index in [1.165, 1.54) is 30.3 Å². The topological polar surface area (TPSA) is 66.7 Å². The molecule has 6 nitrogen and oxygen atoms in total. The fourth-order valence-electron chi connectivity index (χ4n) is 3.59. The summed E-state index contributed by atoms with van der Waals surface area (Å²) in [5.41, 5.74) is 1.37. The van der Waals surface area contributed by atoms with E-state index in [0.717, 1.165) is 5.56 Å². The van der Waals surface area contributed by atoms with Crippen LogP contribution < -0.4 is 0 Å². The number of nitrogens with zero attached hydrogens (tertiary/aromatic N) is 3. The molecular formula is C22H23ClFN3O3. The quantitative estimate of drug-likeness (QED) is 0.396. The molecular weight excluding hydrogens is 409 g/mol. The van der Waals surface area contributed by atoms with Gasteiger partial charge in [-0.15, -0.1) is 0 Å². The van der Waals surface area contributed by atoms with E-state index in [9.17, 15) is 19.3 Å². The summed E-state index contributed by atoms with van der Waals surface area (Å²) in [6.07, 6.45) is 3.00. The number of halogens is 2. The highest BCUT2D eigenvalue weighted by Gasteiger charge is 2.31. The fourth-order valence-corrected chi connectivity index (χ4v) is 3.77. The van der Waals surface area contributed by atoms with Crippen molar-refractivity contribution in [3.63, 3.8) is 0 Å². The number of carbonyl (C=O) groups excluding carboxylic acids is 1. The zero-order valence-electron chi connectivity index (χ0n) is 16.8. The van der Waals surface area contributed by atoms with Gasteiger partial charge >= 0.3 is 0 Å². The first-order valence-electron chi connectivity index (χ1n) is 9.65. The predicted octanol–water partition coefficient (Wildman–Crippen LogP) is 4.52. The molecule has 0 bridgehead atoms. The van der Waals surface area contributed by atoms with Crippen LogP contribution in [0.4, 0.5) is 10.1 Å². The summed E-state index contributed by atoms with van der Waals surface area (Å²) < 4.78 is 13.1. The first kappa shape index (κ1) is 21.9. The number of amides is 1. The van der Waals surface area contributed by atoms with Gasteiger partial charge in [-0.1, -0.05) is 29.8 Å². The van der Waals surface area contributed by atoms with E-state index in [2.05, 4.69) is 11.8 Å². The van der Waals surface area contributed by atoms with Crippen molar-refractivity contribution < 1.29 is 14.1 Å². The number of nitro groups is 1. The number of piperazine rings is 1. The van der Waals surface area contributed by atoms with Crippen LogP contribution in [0, 0.1) is 15.9 Å². The monoisotopic (exact) mass is 431 g/mol. The lowest BCUT2D eigenvalue weighted by atomic mass is 10.1. The molecule has 30 heavy (non-hydrogen) atoms. The van der Waals surface area contributed by atoms with E-state index >= 15 is 0 Å². The Kier molecular flexibility index (Phi) is 6.84. The Morgan fingerprint density at radius 3 is 2.57 bits per heavy atom. The Balaban J connectivity index is 1.65. The molecule has 8 heteroatoms. The molecule has 2 aromatic rings. The number of carbonyl (C=O) groups is 1. The van der Waals surface area contributed by atoms with E-state index < -0.39 is 4.92 Å². The van der Waals surface area contributed by atoms with Gasteiger partial charge in [0.2, 0.25) is 5.91 Å². The molecule has 0 saturated carbocycles. The minimum Gasteiger partial charge on any atom is -0.334 e. The Hall–Kier alpha value is -2.77. The summed E-state index contributed by atoms with van der Waals surface area (Å²) in [6, 6.07) is 11.0. The lowest BCUT2D eigenvalue weighted by Crippen LogP contribution is -2.57. The van der Waals surface area contributed by atoms with Crippen LogP contribution in [0.2, 0.25) is 5.02 Å². The van der Waals surface area contributed by atoms with Gasteiger partial charge in [-0.3, -0.25) is 19.8 Å². The maximum absolute atomic E-state index is 13.1. The Morgan fingerprint density at radius 2 is 1.90 bits per heavy atom. The molecule has 1 saturated heterocycles. The van der Waals surface area contributed by atoms with Gasteiger partial charge in [-0.05, 0) is 49.2 Å². The molecule has 1 fully saturated rings. The maximum Gasteiger partial charge on any atom is 0.288 e. The third-order valence-electron chi connectivity index (χ3n) is 5.28. The maximum atomic E-state index is 13.1. The van der Waals surface area contributed by atoms with Gasteiger partial charge in [-0.2, -0.15) is 0 Å². The normalized spacial score (nSPS) is 19.9. The average molecular weight is 432 g/mol. The standard InChI is InChI=1S/C22H23ClFN3O3/c1-15-13-26(16(2)12-25(15)14-18-3-7-19(24)8-4-18)22(28)10-6-17-5-9-20(23)21(11-17)27(29)30/h3-11,15-16H,12-14H2,1-2H3. The molecule has 2 aromatic carbocycles. The molecule has 0 N–H and O–H groups in total. The zero-order chi connectivity index (χ0) is 21.8. The molecule has 0 spiro atoms. The van der Waals surface area contributed by atoms with Crippen molar-refractivity contribution in [1.29, 1.82) is 0 Å². The highest BCUT2D eigenvalue weighted by molar-refractivity contribution is 6.32. The first-order chi connectivity index (χ1) is 14.2. The molecule has 158 valence electrons. The Labute approximate surface area is 179 Å². The minimum absolute atomic E-state index is 0.00153. The van der Waals surface area contributed by atoms with Crippen LogP contribution in [0.25, 0.3) is 6.08 Å². The van der Waals surface area contributed by atoms with Crippen LogP contribution in [-0.2, 0) is 11.3 Å². The minimum atomic E-state index is -0.550. The van der Waals surface area contributed by atoms with Crippen LogP contribution in [0.1, 0.15) is 25.0 Å². The van der Waals surface area contributed by atoms with Crippen molar-refractivity contribution >= 4 is 29.3 Å². The van der Waals surface area contributed by atoms with Crippen molar-refractivity contribution in [2.24, 2.45) is 0 Å². The summed E-state index contributed by atoms with van der Waals surface area (Å²) in [6.45, 7) is 6.00. The zero-order valence-corrected chi connectivity index (χ0v) is 17.6. The summed E-state index contributed by atoms with van der Waals surface area (Å²) in [5, 5.41) is 11.1. The molecule has 1 amide bonds. The lowest BCUT2D eigenvalue weighted by molar-refractivity contribution is -0.384. The van der Waals surface area contributed by atoms with Crippen LogP contribution in [0.15, 0.2) is 48.5 Å². The van der Waals surface area contributed by atoms with Gasteiger partial charge in [0.1, 0.15) is 10.8 Å². The van der Waals surface area contributed by atoms with Crippen LogP contribution in [0.3, 0.4) is 0 Å². The van der Waals surface area contributed by atoms with Crippen LogP contribution in [0.5, 0.6) is 0 Å². The summed E-state index contributed by atoms with van der Waals surface area (Å²) in [5.74, 6) is -0.401. The number of nitro benzene ring substituents is 1. The molecule has 0 radical (unpaired) electrons. The number of benzene rings is 2. The van der Waals surface area contributed by atoms with Crippen LogP contribution in [-0.4, -0.2) is 45.8 Å².